The monoisotopic (exact) mass is 314 g/mol. The Morgan fingerprint density at radius 2 is 2.15 bits per heavy atom. The summed E-state index contributed by atoms with van der Waals surface area (Å²) in [6, 6.07) is 5.13. The molecule has 1 heterocycles. The average Bonchev–Trinajstić information content (AvgIpc) is 2.76. The van der Waals surface area contributed by atoms with Crippen molar-refractivity contribution in [2.45, 2.75) is 25.3 Å². The van der Waals surface area contributed by atoms with Crippen molar-refractivity contribution in [1.82, 2.24) is 9.78 Å². The normalized spacial score (nSPS) is 11.6. The number of hydrogen-bond donors (Lipinski definition) is 2. The lowest BCUT2D eigenvalue weighted by Gasteiger charge is -2.11. The molecule has 0 atom stereocenters. The molecule has 20 heavy (non-hydrogen) atoms. The molecule has 8 heteroatoms. The Morgan fingerprint density at radius 3 is 2.70 bits per heavy atom. The largest absolute Gasteiger partial charge is 0.381 e. The Labute approximate surface area is 122 Å². The summed E-state index contributed by atoms with van der Waals surface area (Å²) < 4.78 is 28.6. The number of nitrogens with two attached hydrogens (primary N) is 1. The third-order valence-corrected chi connectivity index (χ3v) is 4.51. The molecule has 2 rings (SSSR count). The lowest BCUT2D eigenvalue weighted by Crippen LogP contribution is -2.15. The van der Waals surface area contributed by atoms with Crippen LogP contribution in [0.25, 0.3) is 0 Å². The minimum Gasteiger partial charge on any atom is -0.381 e. The topological polar surface area (TPSA) is 90.0 Å². The predicted molar refractivity (Wildman–Crippen MR) is 79.3 cm³/mol. The maximum Gasteiger partial charge on any atom is 0.267 e. The van der Waals surface area contributed by atoms with Gasteiger partial charge in [-0.05, 0) is 25.5 Å². The third kappa shape index (κ3) is 2.73. The Hall–Kier alpha value is -1.73. The fraction of sp³-hybridized carbons (Fsp3) is 0.250. The minimum atomic E-state index is -3.82. The first-order valence-corrected chi connectivity index (χ1v) is 7.82. The number of nitrogens with one attached hydrogen (secondary N) is 1. The molecule has 0 spiro atoms. The lowest BCUT2D eigenvalue weighted by molar-refractivity contribution is 0.600. The molecule has 108 valence electrons. The molecule has 6 nitrogen and oxygen atoms in total. The van der Waals surface area contributed by atoms with Gasteiger partial charge < -0.3 is 5.73 Å². The summed E-state index contributed by atoms with van der Waals surface area (Å²) in [5.41, 5.74) is 6.72. The summed E-state index contributed by atoms with van der Waals surface area (Å²) >= 11 is 6.02. The number of anilines is 2. The van der Waals surface area contributed by atoms with Gasteiger partial charge in [-0.25, -0.2) is 8.42 Å². The van der Waals surface area contributed by atoms with Gasteiger partial charge in [0.2, 0.25) is 0 Å². The second-order valence-electron chi connectivity index (χ2n) is 4.27. The van der Waals surface area contributed by atoms with Gasteiger partial charge in [-0.2, -0.15) is 5.10 Å². The van der Waals surface area contributed by atoms with E-state index < -0.39 is 10.0 Å². The molecule has 0 aliphatic rings. The highest BCUT2D eigenvalue weighted by Gasteiger charge is 2.22. The van der Waals surface area contributed by atoms with Crippen molar-refractivity contribution in [2.75, 3.05) is 10.5 Å². The fourth-order valence-corrected chi connectivity index (χ4v) is 3.29. The zero-order valence-electron chi connectivity index (χ0n) is 11.1. The van der Waals surface area contributed by atoms with E-state index in [1.165, 1.54) is 10.9 Å². The van der Waals surface area contributed by atoms with Gasteiger partial charge in [-0.1, -0.05) is 23.7 Å². The van der Waals surface area contributed by atoms with Gasteiger partial charge in [0.25, 0.3) is 10.0 Å². The highest BCUT2D eigenvalue weighted by Crippen LogP contribution is 2.28. The SMILES string of the molecule is CCn1cc(S(=O)(=O)Nc2c(C)cccc2Cl)c(N)n1. The van der Waals surface area contributed by atoms with E-state index in [9.17, 15) is 8.42 Å². The number of aromatic nitrogens is 2. The second kappa shape index (κ2) is 5.34. The van der Waals surface area contributed by atoms with E-state index >= 15 is 0 Å². The Morgan fingerprint density at radius 1 is 1.45 bits per heavy atom. The van der Waals surface area contributed by atoms with Crippen LogP contribution in [-0.4, -0.2) is 18.2 Å². The molecule has 1 aromatic heterocycles. The first kappa shape index (κ1) is 14.7. The number of sulfonamides is 1. The van der Waals surface area contributed by atoms with Crippen LogP contribution in [0.15, 0.2) is 29.3 Å². The maximum absolute atomic E-state index is 12.4. The van der Waals surface area contributed by atoms with E-state index in [0.717, 1.165) is 5.56 Å². The number of hydrogen-bond acceptors (Lipinski definition) is 4. The highest BCUT2D eigenvalue weighted by atomic mass is 35.5. The van der Waals surface area contributed by atoms with Crippen LogP contribution in [0, 0.1) is 6.92 Å². The number of rotatable bonds is 4. The molecule has 0 saturated heterocycles. The van der Waals surface area contributed by atoms with Crippen LogP contribution in [0.4, 0.5) is 11.5 Å². The summed E-state index contributed by atoms with van der Waals surface area (Å²) in [7, 11) is -3.82. The van der Waals surface area contributed by atoms with Gasteiger partial charge in [-0.3, -0.25) is 9.40 Å². The van der Waals surface area contributed by atoms with E-state index in [4.69, 9.17) is 17.3 Å². The highest BCUT2D eigenvalue weighted by molar-refractivity contribution is 7.92. The number of nitrogen functional groups attached to an aromatic ring is 1. The Kier molecular flexibility index (Phi) is 3.92. The molecule has 0 unspecified atom stereocenters. The number of benzene rings is 1. The molecule has 0 aliphatic carbocycles. The minimum absolute atomic E-state index is 0.0379. The van der Waals surface area contributed by atoms with E-state index in [0.29, 0.717) is 17.3 Å². The maximum atomic E-state index is 12.4. The molecule has 0 aliphatic heterocycles. The van der Waals surface area contributed by atoms with Crippen LogP contribution in [0.3, 0.4) is 0 Å². The average molecular weight is 315 g/mol. The van der Waals surface area contributed by atoms with Crippen LogP contribution in [-0.2, 0) is 16.6 Å². The van der Waals surface area contributed by atoms with Crippen LogP contribution in [0.2, 0.25) is 5.02 Å². The van der Waals surface area contributed by atoms with Gasteiger partial charge in [0.15, 0.2) is 5.82 Å². The summed E-state index contributed by atoms with van der Waals surface area (Å²) in [6.07, 6.45) is 1.39. The molecule has 1 aromatic carbocycles. The van der Waals surface area contributed by atoms with E-state index in [2.05, 4.69) is 9.82 Å². The molecule has 0 fully saturated rings. The smallest absolute Gasteiger partial charge is 0.267 e. The number of aryl methyl sites for hydroxylation is 2. The zero-order chi connectivity index (χ0) is 14.9. The molecule has 0 amide bonds. The van der Waals surface area contributed by atoms with Crippen molar-refractivity contribution in [1.29, 1.82) is 0 Å². The molecule has 3 N–H and O–H groups in total. The van der Waals surface area contributed by atoms with Crippen LogP contribution in [0.5, 0.6) is 0 Å². The first-order chi connectivity index (χ1) is 9.35. The summed E-state index contributed by atoms with van der Waals surface area (Å²) in [5.74, 6) is -0.0379. The van der Waals surface area contributed by atoms with Crippen molar-refractivity contribution in [3.63, 3.8) is 0 Å². The zero-order valence-corrected chi connectivity index (χ0v) is 12.7. The van der Waals surface area contributed by atoms with E-state index in [1.807, 2.05) is 6.92 Å². The van der Waals surface area contributed by atoms with Crippen molar-refractivity contribution >= 4 is 33.1 Å². The predicted octanol–water partition coefficient (Wildman–Crippen LogP) is 2.25. The van der Waals surface area contributed by atoms with Crippen molar-refractivity contribution in [3.05, 3.63) is 35.0 Å². The van der Waals surface area contributed by atoms with Gasteiger partial charge in [0.1, 0.15) is 4.90 Å². The summed E-state index contributed by atoms with van der Waals surface area (Å²) in [6.45, 7) is 4.14. The van der Waals surface area contributed by atoms with E-state index in [-0.39, 0.29) is 10.7 Å². The second-order valence-corrected chi connectivity index (χ2v) is 6.33. The number of para-hydroxylation sites is 1. The Balaban J connectivity index is 2.43. The fourth-order valence-electron chi connectivity index (χ4n) is 1.74. The van der Waals surface area contributed by atoms with Crippen LogP contribution < -0.4 is 10.5 Å². The molecule has 0 bridgehead atoms. The molecule has 2 aromatic rings. The number of nitrogens with zero attached hydrogens (tertiary/aromatic N) is 2. The third-order valence-electron chi connectivity index (χ3n) is 2.83. The van der Waals surface area contributed by atoms with Crippen molar-refractivity contribution in [3.8, 4) is 0 Å². The van der Waals surface area contributed by atoms with E-state index in [1.54, 1.807) is 25.1 Å². The molecular formula is C12H15ClN4O2S. The van der Waals surface area contributed by atoms with Crippen LogP contribution >= 0.6 is 11.6 Å². The standard InChI is InChI=1S/C12H15ClN4O2S/c1-3-17-7-10(12(14)15-17)20(18,19)16-11-8(2)5-4-6-9(11)13/h4-7,16H,3H2,1-2H3,(H2,14,15). The van der Waals surface area contributed by atoms with Gasteiger partial charge in [0.05, 0.1) is 10.7 Å². The Bertz CT molecular complexity index is 720. The van der Waals surface area contributed by atoms with Gasteiger partial charge >= 0.3 is 0 Å². The summed E-state index contributed by atoms with van der Waals surface area (Å²) in [5, 5.41) is 4.25. The quantitative estimate of drug-likeness (QED) is 0.905. The van der Waals surface area contributed by atoms with Crippen molar-refractivity contribution in [2.24, 2.45) is 0 Å². The molecule has 0 saturated carbocycles. The van der Waals surface area contributed by atoms with Crippen LogP contribution in [0.1, 0.15) is 12.5 Å². The van der Waals surface area contributed by atoms with Gasteiger partial charge in [0, 0.05) is 12.7 Å². The molecule has 0 radical (unpaired) electrons. The van der Waals surface area contributed by atoms with Crippen molar-refractivity contribution < 1.29 is 8.42 Å². The number of halogens is 1. The first-order valence-electron chi connectivity index (χ1n) is 5.96. The summed E-state index contributed by atoms with van der Waals surface area (Å²) in [4.78, 5) is -0.0568. The lowest BCUT2D eigenvalue weighted by atomic mass is 10.2. The van der Waals surface area contributed by atoms with Gasteiger partial charge in [-0.15, -0.1) is 0 Å². The molecular weight excluding hydrogens is 300 g/mol.